The Hall–Kier alpha value is -3.16. The van der Waals surface area contributed by atoms with Gasteiger partial charge in [-0.25, -0.2) is 0 Å². The molecule has 0 aliphatic rings. The number of carbonyl (C=O) groups is 1. The van der Waals surface area contributed by atoms with Gasteiger partial charge in [-0.3, -0.25) is 4.79 Å². The largest absolute Gasteiger partial charge is 0.421 e. The standard InChI is InChI=1S/C20H18F3N3O2/c1-2-13-5-3-8-16(11-13)24-17(27)9-10-18-25-26-19(28-18)14-6-4-7-15(12-14)20(21,22)23/h3-8,11-12H,2,9-10H2,1H3,(H,24,27). The molecule has 0 saturated carbocycles. The van der Waals surface area contributed by atoms with Gasteiger partial charge < -0.3 is 9.73 Å². The van der Waals surface area contributed by atoms with Crippen LogP contribution in [-0.2, 0) is 23.8 Å². The molecule has 146 valence electrons. The monoisotopic (exact) mass is 389 g/mol. The summed E-state index contributed by atoms with van der Waals surface area (Å²) in [4.78, 5) is 12.1. The molecule has 28 heavy (non-hydrogen) atoms. The van der Waals surface area contributed by atoms with E-state index in [-0.39, 0.29) is 36.1 Å². The SMILES string of the molecule is CCc1cccc(NC(=O)CCc2nnc(-c3cccc(C(F)(F)F)c3)o2)c1. The lowest BCUT2D eigenvalue weighted by Crippen LogP contribution is -2.12. The van der Waals surface area contributed by atoms with Gasteiger partial charge in [0.25, 0.3) is 0 Å². The van der Waals surface area contributed by atoms with Crippen LogP contribution in [0.2, 0.25) is 0 Å². The molecule has 0 saturated heterocycles. The van der Waals surface area contributed by atoms with Gasteiger partial charge >= 0.3 is 6.18 Å². The van der Waals surface area contributed by atoms with Crippen molar-refractivity contribution in [3.05, 3.63) is 65.5 Å². The molecule has 0 unspecified atom stereocenters. The highest BCUT2D eigenvalue weighted by Gasteiger charge is 2.30. The predicted octanol–water partition coefficient (Wildman–Crippen LogP) is 4.89. The van der Waals surface area contributed by atoms with Crippen molar-refractivity contribution in [3.8, 4) is 11.5 Å². The molecule has 5 nitrogen and oxygen atoms in total. The number of halogens is 3. The zero-order valence-corrected chi connectivity index (χ0v) is 15.1. The van der Waals surface area contributed by atoms with Crippen molar-refractivity contribution >= 4 is 11.6 Å². The third-order valence-corrected chi connectivity index (χ3v) is 4.09. The molecule has 8 heteroatoms. The molecule has 1 N–H and O–H groups in total. The Morgan fingerprint density at radius 3 is 2.64 bits per heavy atom. The van der Waals surface area contributed by atoms with E-state index in [0.29, 0.717) is 5.69 Å². The van der Waals surface area contributed by atoms with E-state index in [1.807, 2.05) is 25.1 Å². The van der Waals surface area contributed by atoms with Crippen molar-refractivity contribution in [3.63, 3.8) is 0 Å². The van der Waals surface area contributed by atoms with Gasteiger partial charge in [-0.15, -0.1) is 10.2 Å². The Morgan fingerprint density at radius 1 is 1.11 bits per heavy atom. The van der Waals surface area contributed by atoms with Crippen LogP contribution in [0.15, 0.2) is 52.9 Å². The zero-order valence-electron chi connectivity index (χ0n) is 15.1. The molecule has 2 aromatic carbocycles. The van der Waals surface area contributed by atoms with E-state index >= 15 is 0 Å². The average Bonchev–Trinajstić information content (AvgIpc) is 3.15. The first-order valence-corrected chi connectivity index (χ1v) is 8.74. The maximum absolute atomic E-state index is 12.8. The molecule has 0 bridgehead atoms. The number of benzene rings is 2. The molecule has 1 amide bonds. The molecule has 0 atom stereocenters. The average molecular weight is 389 g/mol. The van der Waals surface area contributed by atoms with E-state index in [1.165, 1.54) is 12.1 Å². The molecule has 0 spiro atoms. The summed E-state index contributed by atoms with van der Waals surface area (Å²) in [6.45, 7) is 2.03. The van der Waals surface area contributed by atoms with Crippen LogP contribution in [0.3, 0.4) is 0 Å². The first-order valence-electron chi connectivity index (χ1n) is 8.74. The first-order chi connectivity index (χ1) is 13.3. The fraction of sp³-hybridized carbons (Fsp3) is 0.250. The second-order valence-electron chi connectivity index (χ2n) is 6.18. The van der Waals surface area contributed by atoms with Gasteiger partial charge in [0, 0.05) is 24.1 Å². The van der Waals surface area contributed by atoms with Crippen molar-refractivity contribution in [2.75, 3.05) is 5.32 Å². The molecule has 0 radical (unpaired) electrons. The van der Waals surface area contributed by atoms with E-state index in [0.717, 1.165) is 24.1 Å². The van der Waals surface area contributed by atoms with Crippen LogP contribution >= 0.6 is 0 Å². The summed E-state index contributed by atoms with van der Waals surface area (Å²) >= 11 is 0. The summed E-state index contributed by atoms with van der Waals surface area (Å²) in [5.41, 5.74) is 1.20. The number of anilines is 1. The van der Waals surface area contributed by atoms with Gasteiger partial charge in [-0.2, -0.15) is 13.2 Å². The fourth-order valence-corrected chi connectivity index (χ4v) is 2.61. The number of hydrogen-bond acceptors (Lipinski definition) is 4. The molecule has 0 fully saturated rings. The molecular formula is C20H18F3N3O2. The fourth-order valence-electron chi connectivity index (χ4n) is 2.61. The third kappa shape index (κ3) is 4.97. The predicted molar refractivity (Wildman–Crippen MR) is 97.5 cm³/mol. The van der Waals surface area contributed by atoms with Crippen LogP contribution in [-0.4, -0.2) is 16.1 Å². The lowest BCUT2D eigenvalue weighted by molar-refractivity contribution is -0.137. The van der Waals surface area contributed by atoms with Crippen molar-refractivity contribution < 1.29 is 22.4 Å². The van der Waals surface area contributed by atoms with E-state index in [1.54, 1.807) is 6.07 Å². The van der Waals surface area contributed by atoms with Crippen LogP contribution in [0.4, 0.5) is 18.9 Å². The Bertz CT molecular complexity index is 967. The van der Waals surface area contributed by atoms with Crippen molar-refractivity contribution in [1.29, 1.82) is 0 Å². The molecule has 1 aromatic heterocycles. The zero-order chi connectivity index (χ0) is 20.1. The smallest absolute Gasteiger partial charge is 0.416 e. The molecule has 3 aromatic rings. The number of rotatable bonds is 6. The van der Waals surface area contributed by atoms with E-state index in [9.17, 15) is 18.0 Å². The molecule has 0 aliphatic heterocycles. The molecule has 3 rings (SSSR count). The Balaban J connectivity index is 1.61. The normalized spacial score (nSPS) is 11.4. The summed E-state index contributed by atoms with van der Waals surface area (Å²) in [5, 5.41) is 10.4. The highest BCUT2D eigenvalue weighted by molar-refractivity contribution is 5.90. The van der Waals surface area contributed by atoms with Gasteiger partial charge in [0.05, 0.1) is 5.56 Å². The lowest BCUT2D eigenvalue weighted by Gasteiger charge is -2.06. The minimum absolute atomic E-state index is 0.0165. The highest BCUT2D eigenvalue weighted by Crippen LogP contribution is 2.31. The highest BCUT2D eigenvalue weighted by atomic mass is 19.4. The van der Waals surface area contributed by atoms with E-state index < -0.39 is 11.7 Å². The number of carbonyl (C=O) groups excluding carboxylic acids is 1. The molecular weight excluding hydrogens is 371 g/mol. The first kappa shape index (κ1) is 19.6. The van der Waals surface area contributed by atoms with Crippen LogP contribution in [0.25, 0.3) is 11.5 Å². The van der Waals surface area contributed by atoms with Gasteiger partial charge in [0.1, 0.15) is 0 Å². The summed E-state index contributed by atoms with van der Waals surface area (Å²) in [6.07, 6.45) is -3.29. The second kappa shape index (κ2) is 8.24. The third-order valence-electron chi connectivity index (χ3n) is 4.09. The minimum atomic E-state index is -4.45. The number of nitrogens with zero attached hydrogens (tertiary/aromatic N) is 2. The van der Waals surface area contributed by atoms with Crippen LogP contribution in [0, 0.1) is 0 Å². The van der Waals surface area contributed by atoms with Gasteiger partial charge in [-0.1, -0.05) is 25.1 Å². The van der Waals surface area contributed by atoms with Crippen LogP contribution < -0.4 is 5.32 Å². The number of aromatic nitrogens is 2. The maximum atomic E-state index is 12.8. The number of alkyl halides is 3. The molecule has 0 aliphatic carbocycles. The Morgan fingerprint density at radius 2 is 1.89 bits per heavy atom. The van der Waals surface area contributed by atoms with E-state index in [4.69, 9.17) is 4.42 Å². The summed E-state index contributed by atoms with van der Waals surface area (Å²) in [7, 11) is 0. The summed E-state index contributed by atoms with van der Waals surface area (Å²) < 4.78 is 43.8. The van der Waals surface area contributed by atoms with Gasteiger partial charge in [0.15, 0.2) is 0 Å². The van der Waals surface area contributed by atoms with Crippen molar-refractivity contribution in [2.24, 2.45) is 0 Å². The van der Waals surface area contributed by atoms with Gasteiger partial charge in [0.2, 0.25) is 17.7 Å². The molecule has 1 heterocycles. The second-order valence-corrected chi connectivity index (χ2v) is 6.18. The topological polar surface area (TPSA) is 68.0 Å². The van der Waals surface area contributed by atoms with Crippen molar-refractivity contribution in [2.45, 2.75) is 32.4 Å². The number of hydrogen-bond donors (Lipinski definition) is 1. The summed E-state index contributed by atoms with van der Waals surface area (Å²) in [6, 6.07) is 12.2. The van der Waals surface area contributed by atoms with E-state index in [2.05, 4.69) is 15.5 Å². The Kier molecular flexibility index (Phi) is 5.77. The quantitative estimate of drug-likeness (QED) is 0.652. The van der Waals surface area contributed by atoms with Crippen molar-refractivity contribution in [1.82, 2.24) is 10.2 Å². The minimum Gasteiger partial charge on any atom is -0.421 e. The number of amides is 1. The van der Waals surface area contributed by atoms with Crippen LogP contribution in [0.1, 0.15) is 30.4 Å². The number of aryl methyl sites for hydroxylation is 2. The number of nitrogens with one attached hydrogen (secondary N) is 1. The summed E-state index contributed by atoms with van der Waals surface area (Å²) in [5.74, 6) is -0.0471. The maximum Gasteiger partial charge on any atom is 0.416 e. The lowest BCUT2D eigenvalue weighted by atomic mass is 10.1. The Labute approximate surface area is 159 Å². The van der Waals surface area contributed by atoms with Gasteiger partial charge in [-0.05, 0) is 42.3 Å². The van der Waals surface area contributed by atoms with Crippen LogP contribution in [0.5, 0.6) is 0 Å².